The molecule has 0 aromatic heterocycles. The zero-order valence-corrected chi connectivity index (χ0v) is 20.0. The molecule has 4 amide bonds. The average Bonchev–Trinajstić information content (AvgIpc) is 2.88. The fourth-order valence-electron chi connectivity index (χ4n) is 3.70. The maximum atomic E-state index is 13.6. The average molecular weight is 527 g/mol. The summed E-state index contributed by atoms with van der Waals surface area (Å²) in [5, 5.41) is 0.566. The van der Waals surface area contributed by atoms with Gasteiger partial charge in [-0.1, -0.05) is 51.3 Å². The maximum absolute atomic E-state index is 13.6. The predicted octanol–water partition coefficient (Wildman–Crippen LogP) is 5.18. The Morgan fingerprint density at radius 3 is 2.26 bits per heavy atom. The van der Waals surface area contributed by atoms with Crippen molar-refractivity contribution in [2.24, 2.45) is 5.73 Å². The highest BCUT2D eigenvalue weighted by Gasteiger charge is 2.57. The van der Waals surface area contributed by atoms with Crippen LogP contribution in [0, 0.1) is 0 Å². The second-order valence-corrected chi connectivity index (χ2v) is 9.39. The van der Waals surface area contributed by atoms with E-state index in [1.165, 1.54) is 18.2 Å². The van der Waals surface area contributed by atoms with Gasteiger partial charge < -0.3 is 5.73 Å². The summed E-state index contributed by atoms with van der Waals surface area (Å²) in [7, 11) is 0. The molecular weight excluding hydrogens is 505 g/mol. The predicted molar refractivity (Wildman–Crippen MR) is 125 cm³/mol. The molecule has 0 saturated carbocycles. The Kier molecular flexibility index (Phi) is 7.42. The highest BCUT2D eigenvalue weighted by molar-refractivity contribution is 9.10. The smallest absolute Gasteiger partial charge is 0.330 e. The normalized spacial score (nSPS) is 18.7. The number of nitrogens with zero attached hydrogens (tertiary/aromatic N) is 2. The number of rotatable bonds is 7. The van der Waals surface area contributed by atoms with Crippen LogP contribution in [-0.2, 0) is 16.0 Å². The van der Waals surface area contributed by atoms with Gasteiger partial charge in [-0.05, 0) is 62.2 Å². The Hall–Kier alpha value is -1.93. The van der Waals surface area contributed by atoms with E-state index in [0.29, 0.717) is 19.4 Å². The molecule has 1 aliphatic rings. The van der Waals surface area contributed by atoms with E-state index in [0.717, 1.165) is 19.8 Å². The lowest BCUT2D eigenvalue weighted by Gasteiger charge is -2.30. The lowest BCUT2D eigenvalue weighted by atomic mass is 9.90. The maximum Gasteiger partial charge on any atom is 0.339 e. The Morgan fingerprint density at radius 1 is 1.06 bits per heavy atom. The molecule has 164 valence electrons. The van der Waals surface area contributed by atoms with Gasteiger partial charge in [-0.15, -0.1) is 0 Å². The van der Waals surface area contributed by atoms with Gasteiger partial charge in [0.05, 0.1) is 5.69 Å². The molecule has 2 aromatic rings. The van der Waals surface area contributed by atoms with E-state index in [9.17, 15) is 14.4 Å². The molecule has 9 heteroatoms. The highest BCUT2D eigenvalue weighted by Crippen LogP contribution is 2.37. The van der Waals surface area contributed by atoms with Crippen molar-refractivity contribution in [3.05, 3.63) is 62.5 Å². The van der Waals surface area contributed by atoms with Gasteiger partial charge in [0.25, 0.3) is 5.91 Å². The van der Waals surface area contributed by atoms with Crippen LogP contribution in [0.4, 0.5) is 10.5 Å². The number of carbonyl (C=O) groups excluding carboxylic acids is 3. The van der Waals surface area contributed by atoms with Crippen molar-refractivity contribution in [1.82, 2.24) is 4.90 Å². The van der Waals surface area contributed by atoms with Gasteiger partial charge in [0, 0.05) is 27.4 Å². The molecule has 1 fully saturated rings. The van der Waals surface area contributed by atoms with Crippen molar-refractivity contribution in [1.29, 1.82) is 0 Å². The molecule has 2 N–H and O–H groups in total. The Labute approximate surface area is 199 Å². The fourth-order valence-corrected chi connectivity index (χ4v) is 4.48. The molecular formula is C22H22BrCl2N3O3. The zero-order chi connectivity index (χ0) is 22.8. The summed E-state index contributed by atoms with van der Waals surface area (Å²) in [4.78, 5) is 42.1. The Bertz CT molecular complexity index is 995. The summed E-state index contributed by atoms with van der Waals surface area (Å²) in [6.45, 7) is 2.06. The molecule has 0 spiro atoms. The largest absolute Gasteiger partial charge is 0.339 e. The van der Waals surface area contributed by atoms with Gasteiger partial charge in [-0.3, -0.25) is 9.59 Å². The van der Waals surface area contributed by atoms with Crippen LogP contribution in [-0.4, -0.2) is 34.8 Å². The molecule has 3 rings (SSSR count). The highest BCUT2D eigenvalue weighted by atomic mass is 79.9. The number of halogens is 3. The molecule has 0 radical (unpaired) electrons. The quantitative estimate of drug-likeness (QED) is 0.398. The summed E-state index contributed by atoms with van der Waals surface area (Å²) < 4.78 is 0.889. The number of unbranched alkanes of at least 4 members (excludes halogenated alkanes) is 1. The van der Waals surface area contributed by atoms with E-state index >= 15 is 0 Å². The van der Waals surface area contributed by atoms with E-state index in [4.69, 9.17) is 28.9 Å². The van der Waals surface area contributed by atoms with Crippen LogP contribution in [0.5, 0.6) is 0 Å². The molecule has 1 saturated heterocycles. The summed E-state index contributed by atoms with van der Waals surface area (Å²) in [5.74, 6) is -0.923. The Morgan fingerprint density at radius 2 is 1.68 bits per heavy atom. The number of nitrogens with two attached hydrogens (primary N) is 1. The first-order chi connectivity index (χ1) is 14.7. The second kappa shape index (κ2) is 9.69. The first-order valence-electron chi connectivity index (χ1n) is 9.79. The van der Waals surface area contributed by atoms with Crippen LogP contribution >= 0.6 is 39.1 Å². The molecule has 0 aliphatic carbocycles. The SMILES string of the molecule is C[C@@]1(Cc2ccc(Br)cc2)C(=O)N(c2cc(Cl)cc(Cl)c2)C(=O)N1C(=O)CCCCN. The van der Waals surface area contributed by atoms with Crippen LogP contribution < -0.4 is 10.6 Å². The zero-order valence-electron chi connectivity index (χ0n) is 16.9. The van der Waals surface area contributed by atoms with E-state index in [1.807, 2.05) is 24.3 Å². The minimum absolute atomic E-state index is 0.121. The summed E-state index contributed by atoms with van der Waals surface area (Å²) in [6, 6.07) is 11.2. The third-order valence-electron chi connectivity index (χ3n) is 5.20. The van der Waals surface area contributed by atoms with Gasteiger partial charge in [-0.2, -0.15) is 0 Å². The minimum atomic E-state index is -1.39. The van der Waals surface area contributed by atoms with Crippen LogP contribution in [0.1, 0.15) is 31.7 Å². The van der Waals surface area contributed by atoms with Crippen LogP contribution in [0.3, 0.4) is 0 Å². The molecule has 0 bridgehead atoms. The summed E-state index contributed by atoms with van der Waals surface area (Å²) in [5.41, 5.74) is 5.18. The summed E-state index contributed by atoms with van der Waals surface area (Å²) >= 11 is 15.6. The van der Waals surface area contributed by atoms with Crippen LogP contribution in [0.2, 0.25) is 10.0 Å². The van der Waals surface area contributed by atoms with Crippen LogP contribution in [0.15, 0.2) is 46.9 Å². The van der Waals surface area contributed by atoms with Crippen molar-refractivity contribution in [2.75, 3.05) is 11.4 Å². The second-order valence-electron chi connectivity index (χ2n) is 7.60. The third kappa shape index (κ3) is 4.95. The number of hydrogen-bond donors (Lipinski definition) is 1. The van der Waals surface area contributed by atoms with Crippen molar-refractivity contribution in [3.8, 4) is 0 Å². The number of hydrogen-bond acceptors (Lipinski definition) is 4. The first kappa shape index (κ1) is 23.7. The van der Waals surface area contributed by atoms with E-state index < -0.39 is 23.4 Å². The Balaban J connectivity index is 2.03. The topological polar surface area (TPSA) is 83.7 Å². The van der Waals surface area contributed by atoms with Gasteiger partial charge in [-0.25, -0.2) is 14.6 Å². The minimum Gasteiger partial charge on any atom is -0.330 e. The van der Waals surface area contributed by atoms with Crippen LogP contribution in [0.25, 0.3) is 0 Å². The monoisotopic (exact) mass is 525 g/mol. The van der Waals surface area contributed by atoms with Gasteiger partial charge in [0.15, 0.2) is 0 Å². The number of urea groups is 1. The standard InChI is InChI=1S/C22H22BrCl2N3O3/c1-22(13-14-5-7-15(23)8-6-14)20(30)27(18-11-16(24)10-17(25)12-18)21(31)28(22)19(29)4-2-3-9-26/h5-8,10-12H,2-4,9,13,26H2,1H3/t22-/m1/s1. The van der Waals surface area contributed by atoms with E-state index in [2.05, 4.69) is 15.9 Å². The molecule has 1 heterocycles. The lowest BCUT2D eigenvalue weighted by molar-refractivity contribution is -0.137. The molecule has 0 unspecified atom stereocenters. The van der Waals surface area contributed by atoms with Gasteiger partial charge in [0.1, 0.15) is 5.54 Å². The number of benzene rings is 2. The number of imide groups is 2. The fraction of sp³-hybridized carbons (Fsp3) is 0.318. The van der Waals surface area contributed by atoms with E-state index in [-0.39, 0.29) is 28.6 Å². The molecule has 1 aliphatic heterocycles. The molecule has 2 aromatic carbocycles. The van der Waals surface area contributed by atoms with Gasteiger partial charge in [0.2, 0.25) is 5.91 Å². The summed E-state index contributed by atoms with van der Waals surface area (Å²) in [6.07, 6.45) is 1.48. The van der Waals surface area contributed by atoms with Crippen molar-refractivity contribution < 1.29 is 14.4 Å². The van der Waals surface area contributed by atoms with E-state index in [1.54, 1.807) is 6.92 Å². The third-order valence-corrected chi connectivity index (χ3v) is 6.17. The lowest BCUT2D eigenvalue weighted by Crippen LogP contribution is -2.51. The molecule has 31 heavy (non-hydrogen) atoms. The van der Waals surface area contributed by atoms with Crippen molar-refractivity contribution in [3.63, 3.8) is 0 Å². The number of amides is 4. The number of carbonyl (C=O) groups is 3. The van der Waals surface area contributed by atoms with Crippen molar-refractivity contribution >= 4 is 62.7 Å². The molecule has 6 nitrogen and oxygen atoms in total. The first-order valence-corrected chi connectivity index (χ1v) is 11.3. The number of anilines is 1. The van der Waals surface area contributed by atoms with Gasteiger partial charge >= 0.3 is 6.03 Å². The van der Waals surface area contributed by atoms with Crippen molar-refractivity contribution in [2.45, 2.75) is 38.1 Å². The molecule has 1 atom stereocenters.